The number of aromatic nitrogens is 2. The van der Waals surface area contributed by atoms with Crippen LogP contribution in [0.4, 0.5) is 0 Å². The van der Waals surface area contributed by atoms with Crippen molar-refractivity contribution in [2.45, 2.75) is 18.9 Å². The van der Waals surface area contributed by atoms with Crippen LogP contribution in [-0.2, 0) is 4.79 Å². The summed E-state index contributed by atoms with van der Waals surface area (Å²) in [5.74, 6) is -0.134. The van der Waals surface area contributed by atoms with Crippen molar-refractivity contribution in [3.63, 3.8) is 0 Å². The highest BCUT2D eigenvalue weighted by Crippen LogP contribution is 2.37. The number of benzene rings is 2. The smallest absolute Gasteiger partial charge is 0.266 e. The third-order valence-corrected chi connectivity index (χ3v) is 4.91. The van der Waals surface area contributed by atoms with Crippen LogP contribution in [0.1, 0.15) is 35.1 Å². The van der Waals surface area contributed by atoms with E-state index in [1.165, 1.54) is 9.47 Å². The Morgan fingerprint density at radius 2 is 1.72 bits per heavy atom. The van der Waals surface area contributed by atoms with E-state index in [2.05, 4.69) is 4.98 Å². The molecule has 2 amide bonds. The Labute approximate surface area is 142 Å². The van der Waals surface area contributed by atoms with Crippen LogP contribution in [-0.4, -0.2) is 26.3 Å². The van der Waals surface area contributed by atoms with Crippen molar-refractivity contribution in [2.75, 3.05) is 0 Å². The summed E-state index contributed by atoms with van der Waals surface area (Å²) < 4.78 is 1.50. The number of carbonyl (C=O) groups is 2. The Kier molecular flexibility index (Phi) is 2.74. The van der Waals surface area contributed by atoms with Gasteiger partial charge in [-0.05, 0) is 30.7 Å². The zero-order valence-corrected chi connectivity index (χ0v) is 13.2. The molecule has 1 aromatic heterocycles. The molecule has 0 saturated carbocycles. The molecule has 3 heterocycles. The zero-order valence-electron chi connectivity index (χ0n) is 13.2. The van der Waals surface area contributed by atoms with E-state index < -0.39 is 6.04 Å². The highest BCUT2D eigenvalue weighted by atomic mass is 16.2. The van der Waals surface area contributed by atoms with Crippen LogP contribution in [0.3, 0.4) is 0 Å². The Morgan fingerprint density at radius 1 is 0.960 bits per heavy atom. The van der Waals surface area contributed by atoms with Crippen LogP contribution in [0.15, 0.2) is 53.3 Å². The van der Waals surface area contributed by atoms with Gasteiger partial charge in [-0.1, -0.05) is 24.3 Å². The van der Waals surface area contributed by atoms with Crippen LogP contribution < -0.4 is 5.56 Å². The molecule has 122 valence electrons. The summed E-state index contributed by atoms with van der Waals surface area (Å²) in [5.41, 5.74) is 1.18. The minimum Gasteiger partial charge on any atom is -0.274 e. The summed E-state index contributed by atoms with van der Waals surface area (Å²) in [4.78, 5) is 44.4. The fourth-order valence-corrected chi connectivity index (χ4v) is 3.77. The Hall–Kier alpha value is -3.28. The van der Waals surface area contributed by atoms with Crippen molar-refractivity contribution < 1.29 is 9.59 Å². The molecule has 6 nitrogen and oxygen atoms in total. The molecule has 0 unspecified atom stereocenters. The molecule has 2 aliphatic heterocycles. The molecule has 3 aromatic rings. The second-order valence-corrected chi connectivity index (χ2v) is 6.27. The van der Waals surface area contributed by atoms with Crippen molar-refractivity contribution in [1.29, 1.82) is 0 Å². The molecule has 2 aromatic carbocycles. The number of nitrogens with zero attached hydrogens (tertiary/aromatic N) is 3. The standard InChI is InChI=1S/C19H13N3O3/c23-16-10-9-15-17-20-13-7-3-1-5-11(13)18(24)22(17)14-8-4-2-6-12(14)19(25)21(15)16/h1-8,15H,9-10H2/t15-/m0/s1. The first-order valence-corrected chi connectivity index (χ1v) is 8.14. The monoisotopic (exact) mass is 331 g/mol. The molecule has 0 bridgehead atoms. The SMILES string of the molecule is O=C1CC[C@H]2c3nc4ccccc4c(=O)n3-c3ccccc3C(=O)N12. The second kappa shape index (κ2) is 4.86. The van der Waals surface area contributed by atoms with Crippen molar-refractivity contribution in [3.8, 4) is 5.69 Å². The molecule has 5 rings (SSSR count). The van der Waals surface area contributed by atoms with E-state index in [1.54, 1.807) is 42.5 Å². The Balaban J connectivity index is 1.97. The molecule has 0 aliphatic carbocycles. The van der Waals surface area contributed by atoms with Crippen molar-refractivity contribution >= 4 is 22.7 Å². The number of para-hydroxylation sites is 2. The van der Waals surface area contributed by atoms with Gasteiger partial charge in [0.05, 0.1) is 28.2 Å². The van der Waals surface area contributed by atoms with Gasteiger partial charge < -0.3 is 0 Å². The van der Waals surface area contributed by atoms with Crippen LogP contribution in [0, 0.1) is 0 Å². The fourth-order valence-electron chi connectivity index (χ4n) is 3.77. The Bertz CT molecular complexity index is 1130. The summed E-state index contributed by atoms with van der Waals surface area (Å²) >= 11 is 0. The predicted octanol–water partition coefficient (Wildman–Crippen LogP) is 2.20. The highest BCUT2D eigenvalue weighted by molar-refractivity contribution is 6.08. The van der Waals surface area contributed by atoms with Gasteiger partial charge in [-0.25, -0.2) is 4.98 Å². The maximum Gasteiger partial charge on any atom is 0.266 e. The van der Waals surface area contributed by atoms with Gasteiger partial charge in [0.2, 0.25) is 5.91 Å². The predicted molar refractivity (Wildman–Crippen MR) is 90.5 cm³/mol. The van der Waals surface area contributed by atoms with Gasteiger partial charge in [0.25, 0.3) is 11.5 Å². The summed E-state index contributed by atoms with van der Waals surface area (Å²) in [6.07, 6.45) is 0.755. The topological polar surface area (TPSA) is 72.3 Å². The van der Waals surface area contributed by atoms with Crippen molar-refractivity contribution in [3.05, 3.63) is 70.3 Å². The van der Waals surface area contributed by atoms with Gasteiger partial charge >= 0.3 is 0 Å². The first-order valence-electron chi connectivity index (χ1n) is 8.14. The summed E-state index contributed by atoms with van der Waals surface area (Å²) in [6.45, 7) is 0. The lowest BCUT2D eigenvalue weighted by Crippen LogP contribution is -2.34. The number of carbonyl (C=O) groups excluding carboxylic acids is 2. The van der Waals surface area contributed by atoms with E-state index >= 15 is 0 Å². The molecule has 25 heavy (non-hydrogen) atoms. The van der Waals surface area contributed by atoms with Crippen molar-refractivity contribution in [1.82, 2.24) is 14.5 Å². The van der Waals surface area contributed by atoms with Crippen molar-refractivity contribution in [2.24, 2.45) is 0 Å². The molecular formula is C19H13N3O3. The molecule has 1 atom stereocenters. The number of hydrogen-bond donors (Lipinski definition) is 0. The van der Waals surface area contributed by atoms with Crippen LogP contribution in [0.5, 0.6) is 0 Å². The third kappa shape index (κ3) is 1.79. The van der Waals surface area contributed by atoms with Gasteiger partial charge in [0, 0.05) is 6.42 Å². The van der Waals surface area contributed by atoms with Gasteiger partial charge in [-0.15, -0.1) is 0 Å². The fraction of sp³-hybridized carbons (Fsp3) is 0.158. The van der Waals surface area contributed by atoms with Gasteiger partial charge in [-0.3, -0.25) is 23.9 Å². The average Bonchev–Trinajstić information content (AvgIpc) is 2.98. The third-order valence-electron chi connectivity index (χ3n) is 4.91. The number of rotatable bonds is 0. The minimum atomic E-state index is -0.510. The average molecular weight is 331 g/mol. The van der Waals surface area contributed by atoms with Gasteiger partial charge in [0.15, 0.2) is 0 Å². The molecule has 2 aliphatic rings. The maximum absolute atomic E-state index is 13.2. The van der Waals surface area contributed by atoms with Gasteiger partial charge in [0.1, 0.15) is 5.82 Å². The molecule has 0 spiro atoms. The number of imide groups is 1. The van der Waals surface area contributed by atoms with Crippen LogP contribution >= 0.6 is 0 Å². The normalized spacial score (nSPS) is 18.7. The zero-order chi connectivity index (χ0) is 17.1. The summed E-state index contributed by atoms with van der Waals surface area (Å²) in [5, 5.41) is 0.492. The van der Waals surface area contributed by atoms with E-state index in [0.717, 1.165) is 0 Å². The maximum atomic E-state index is 13.2. The number of fused-ring (bicyclic) bond motifs is 6. The lowest BCUT2D eigenvalue weighted by molar-refractivity contribution is -0.126. The largest absolute Gasteiger partial charge is 0.274 e. The number of amides is 2. The van der Waals surface area contributed by atoms with Crippen LogP contribution in [0.2, 0.25) is 0 Å². The van der Waals surface area contributed by atoms with E-state index in [0.29, 0.717) is 34.4 Å². The van der Waals surface area contributed by atoms with Gasteiger partial charge in [-0.2, -0.15) is 0 Å². The molecule has 1 saturated heterocycles. The Morgan fingerprint density at radius 3 is 2.60 bits per heavy atom. The second-order valence-electron chi connectivity index (χ2n) is 6.27. The summed E-state index contributed by atoms with van der Waals surface area (Å²) in [7, 11) is 0. The first kappa shape index (κ1) is 14.1. The molecule has 1 fully saturated rings. The number of hydrogen-bond acceptors (Lipinski definition) is 4. The lowest BCUT2D eigenvalue weighted by atomic mass is 10.1. The molecule has 0 radical (unpaired) electrons. The molecule has 6 heteroatoms. The van der Waals surface area contributed by atoms with E-state index in [4.69, 9.17) is 0 Å². The molecular weight excluding hydrogens is 318 g/mol. The van der Waals surface area contributed by atoms with Crippen LogP contribution in [0.25, 0.3) is 16.6 Å². The van der Waals surface area contributed by atoms with E-state index in [1.807, 2.05) is 6.07 Å². The quantitative estimate of drug-likeness (QED) is 0.592. The molecule has 0 N–H and O–H groups in total. The first-order chi connectivity index (χ1) is 12.2. The minimum absolute atomic E-state index is 0.220. The summed E-state index contributed by atoms with van der Waals surface area (Å²) in [6, 6.07) is 13.5. The highest BCUT2D eigenvalue weighted by Gasteiger charge is 2.43. The lowest BCUT2D eigenvalue weighted by Gasteiger charge is -2.20. The van der Waals surface area contributed by atoms with E-state index in [-0.39, 0.29) is 23.8 Å². The van der Waals surface area contributed by atoms with E-state index in [9.17, 15) is 14.4 Å².